The molecule has 120 valence electrons. The third kappa shape index (κ3) is 2.83. The van der Waals surface area contributed by atoms with E-state index in [4.69, 9.17) is 4.42 Å². The first-order chi connectivity index (χ1) is 11.7. The molecule has 4 rings (SSSR count). The SMILES string of the molecule is Cc1ccnc(SCc2cc(=O)n(-c3nc4ccccc4o3)[nH]2)n1. The highest BCUT2D eigenvalue weighted by Crippen LogP contribution is 2.19. The number of H-pyrrole nitrogens is 1. The van der Waals surface area contributed by atoms with E-state index in [1.807, 2.05) is 37.3 Å². The molecule has 1 N–H and O–H groups in total. The monoisotopic (exact) mass is 339 g/mol. The molecule has 0 radical (unpaired) electrons. The van der Waals surface area contributed by atoms with E-state index in [-0.39, 0.29) is 11.6 Å². The van der Waals surface area contributed by atoms with Crippen molar-refractivity contribution in [2.45, 2.75) is 17.8 Å². The van der Waals surface area contributed by atoms with E-state index in [2.05, 4.69) is 20.1 Å². The largest absolute Gasteiger partial charge is 0.422 e. The summed E-state index contributed by atoms with van der Waals surface area (Å²) >= 11 is 1.45. The molecule has 0 saturated heterocycles. The Hall–Kier alpha value is -2.87. The number of aromatic nitrogens is 5. The van der Waals surface area contributed by atoms with Crippen LogP contribution in [0.5, 0.6) is 0 Å². The Balaban J connectivity index is 1.59. The number of hydrogen-bond donors (Lipinski definition) is 1. The number of aromatic amines is 1. The minimum absolute atomic E-state index is 0.220. The Morgan fingerprint density at radius 2 is 2.12 bits per heavy atom. The van der Waals surface area contributed by atoms with E-state index in [0.717, 1.165) is 11.4 Å². The van der Waals surface area contributed by atoms with Gasteiger partial charge in [0.1, 0.15) is 5.52 Å². The fourth-order valence-corrected chi connectivity index (χ4v) is 3.03. The first-order valence-corrected chi connectivity index (χ1v) is 8.27. The number of aryl methyl sites for hydroxylation is 1. The van der Waals surface area contributed by atoms with Crippen molar-refractivity contribution < 1.29 is 4.42 Å². The number of thioether (sulfide) groups is 1. The maximum atomic E-state index is 12.2. The number of para-hydroxylation sites is 2. The van der Waals surface area contributed by atoms with Gasteiger partial charge in [-0.2, -0.15) is 9.67 Å². The second kappa shape index (κ2) is 5.97. The van der Waals surface area contributed by atoms with Crippen LogP contribution in [0.1, 0.15) is 11.4 Å². The maximum Gasteiger partial charge on any atom is 0.325 e. The lowest BCUT2D eigenvalue weighted by Gasteiger charge is -1.99. The van der Waals surface area contributed by atoms with Gasteiger partial charge >= 0.3 is 6.01 Å². The normalized spacial score (nSPS) is 11.2. The van der Waals surface area contributed by atoms with Crippen LogP contribution >= 0.6 is 11.8 Å². The molecule has 8 heteroatoms. The highest BCUT2D eigenvalue weighted by atomic mass is 32.2. The average Bonchev–Trinajstić information content (AvgIpc) is 3.16. The van der Waals surface area contributed by atoms with E-state index in [0.29, 0.717) is 22.0 Å². The number of fused-ring (bicyclic) bond motifs is 1. The smallest absolute Gasteiger partial charge is 0.325 e. The fraction of sp³-hybridized carbons (Fsp3) is 0.125. The molecule has 0 saturated carbocycles. The molecule has 0 bridgehead atoms. The van der Waals surface area contributed by atoms with Crippen molar-refractivity contribution in [3.63, 3.8) is 0 Å². The van der Waals surface area contributed by atoms with Crippen LogP contribution in [0.2, 0.25) is 0 Å². The lowest BCUT2D eigenvalue weighted by Crippen LogP contribution is -2.13. The van der Waals surface area contributed by atoms with Crippen LogP contribution < -0.4 is 5.56 Å². The third-order valence-corrected chi connectivity index (χ3v) is 4.29. The lowest BCUT2D eigenvalue weighted by atomic mass is 10.3. The average molecular weight is 339 g/mol. The van der Waals surface area contributed by atoms with E-state index >= 15 is 0 Å². The van der Waals surface area contributed by atoms with Crippen LogP contribution in [0.3, 0.4) is 0 Å². The molecule has 0 aliphatic heterocycles. The van der Waals surface area contributed by atoms with Crippen LogP contribution in [0.25, 0.3) is 17.1 Å². The van der Waals surface area contributed by atoms with Crippen LogP contribution in [-0.4, -0.2) is 24.7 Å². The third-order valence-electron chi connectivity index (χ3n) is 3.38. The summed E-state index contributed by atoms with van der Waals surface area (Å²) in [4.78, 5) is 25.0. The van der Waals surface area contributed by atoms with Gasteiger partial charge in [-0.05, 0) is 25.1 Å². The minimum atomic E-state index is -0.220. The van der Waals surface area contributed by atoms with Gasteiger partial charge in [0.05, 0.1) is 0 Å². The first kappa shape index (κ1) is 14.7. The minimum Gasteiger partial charge on any atom is -0.422 e. The molecular weight excluding hydrogens is 326 g/mol. The van der Waals surface area contributed by atoms with Gasteiger partial charge in [0.15, 0.2) is 10.7 Å². The van der Waals surface area contributed by atoms with Crippen molar-refractivity contribution in [2.75, 3.05) is 0 Å². The maximum absolute atomic E-state index is 12.2. The number of rotatable bonds is 4. The molecule has 0 aliphatic carbocycles. The summed E-state index contributed by atoms with van der Waals surface area (Å²) in [6, 6.07) is 11.0. The van der Waals surface area contributed by atoms with E-state index in [1.165, 1.54) is 22.5 Å². The van der Waals surface area contributed by atoms with Gasteiger partial charge in [-0.15, -0.1) is 0 Å². The van der Waals surface area contributed by atoms with Gasteiger partial charge in [0.2, 0.25) is 0 Å². The topological polar surface area (TPSA) is 89.6 Å². The molecule has 3 aromatic heterocycles. The zero-order valence-corrected chi connectivity index (χ0v) is 13.6. The predicted molar refractivity (Wildman–Crippen MR) is 90.3 cm³/mol. The van der Waals surface area contributed by atoms with E-state index < -0.39 is 0 Å². The van der Waals surface area contributed by atoms with Gasteiger partial charge in [0, 0.05) is 29.4 Å². The zero-order chi connectivity index (χ0) is 16.5. The standard InChI is InChI=1S/C16H13N5O2S/c1-10-6-7-17-15(18-10)24-9-11-8-14(22)21(20-11)16-19-12-4-2-3-5-13(12)23-16/h2-8,20H,9H2,1H3. The van der Waals surface area contributed by atoms with Gasteiger partial charge in [-0.3, -0.25) is 9.89 Å². The Morgan fingerprint density at radius 3 is 2.96 bits per heavy atom. The molecule has 1 aromatic carbocycles. The molecule has 24 heavy (non-hydrogen) atoms. The first-order valence-electron chi connectivity index (χ1n) is 7.28. The number of benzene rings is 1. The Labute approximate surface area is 140 Å². The Kier molecular flexibility index (Phi) is 3.66. The Morgan fingerprint density at radius 1 is 1.25 bits per heavy atom. The second-order valence-corrected chi connectivity index (χ2v) is 6.13. The van der Waals surface area contributed by atoms with Crippen molar-refractivity contribution in [1.82, 2.24) is 24.7 Å². The van der Waals surface area contributed by atoms with Crippen LogP contribution in [0, 0.1) is 6.92 Å². The number of nitrogens with one attached hydrogen (secondary N) is 1. The zero-order valence-electron chi connectivity index (χ0n) is 12.8. The molecule has 0 atom stereocenters. The van der Waals surface area contributed by atoms with Gasteiger partial charge in [-0.25, -0.2) is 9.97 Å². The van der Waals surface area contributed by atoms with Gasteiger partial charge in [0.25, 0.3) is 5.56 Å². The van der Waals surface area contributed by atoms with Crippen LogP contribution in [0.15, 0.2) is 57.0 Å². The van der Waals surface area contributed by atoms with E-state index in [9.17, 15) is 4.79 Å². The highest BCUT2D eigenvalue weighted by Gasteiger charge is 2.12. The molecular formula is C16H13N5O2S. The van der Waals surface area contributed by atoms with Crippen molar-refractivity contribution in [3.05, 3.63) is 64.3 Å². The lowest BCUT2D eigenvalue weighted by molar-refractivity contribution is 0.536. The molecule has 0 aliphatic rings. The predicted octanol–water partition coefficient (Wildman–Crippen LogP) is 2.70. The summed E-state index contributed by atoms with van der Waals surface area (Å²) in [5.41, 5.74) is 2.78. The van der Waals surface area contributed by atoms with Gasteiger partial charge < -0.3 is 4.42 Å². The second-order valence-electron chi connectivity index (χ2n) is 5.19. The molecule has 0 fully saturated rings. The van der Waals surface area contributed by atoms with Gasteiger partial charge in [-0.1, -0.05) is 23.9 Å². The Bertz CT molecular complexity index is 1030. The summed E-state index contributed by atoms with van der Waals surface area (Å²) in [5.74, 6) is 0.548. The fourth-order valence-electron chi connectivity index (χ4n) is 2.25. The summed E-state index contributed by atoms with van der Waals surface area (Å²) in [6.45, 7) is 1.91. The summed E-state index contributed by atoms with van der Waals surface area (Å²) in [6.07, 6.45) is 1.72. The quantitative estimate of drug-likeness (QED) is 0.454. The van der Waals surface area contributed by atoms with Crippen LogP contribution in [-0.2, 0) is 5.75 Å². The van der Waals surface area contributed by atoms with Crippen LogP contribution in [0.4, 0.5) is 0 Å². The summed E-state index contributed by atoms with van der Waals surface area (Å²) in [5, 5.41) is 3.69. The number of nitrogens with zero attached hydrogens (tertiary/aromatic N) is 4. The van der Waals surface area contributed by atoms with Crippen molar-refractivity contribution in [3.8, 4) is 6.01 Å². The molecule has 0 amide bonds. The highest BCUT2D eigenvalue weighted by molar-refractivity contribution is 7.98. The molecule has 0 unspecified atom stereocenters. The van der Waals surface area contributed by atoms with Crippen molar-refractivity contribution in [2.24, 2.45) is 0 Å². The molecule has 0 spiro atoms. The molecule has 7 nitrogen and oxygen atoms in total. The summed E-state index contributed by atoms with van der Waals surface area (Å²) in [7, 11) is 0. The number of oxazole rings is 1. The molecule has 4 aromatic rings. The summed E-state index contributed by atoms with van der Waals surface area (Å²) < 4.78 is 6.91. The van der Waals surface area contributed by atoms with Crippen molar-refractivity contribution >= 4 is 22.9 Å². The number of hydrogen-bond acceptors (Lipinski definition) is 6. The van der Waals surface area contributed by atoms with Crippen molar-refractivity contribution in [1.29, 1.82) is 0 Å². The van der Waals surface area contributed by atoms with E-state index in [1.54, 1.807) is 6.20 Å². The molecule has 3 heterocycles.